The van der Waals surface area contributed by atoms with E-state index in [1.165, 1.54) is 0 Å². The van der Waals surface area contributed by atoms with Crippen molar-refractivity contribution in [1.29, 1.82) is 0 Å². The molecule has 1 saturated heterocycles. The molecule has 0 unspecified atom stereocenters. The second kappa shape index (κ2) is 5.24. The molecule has 1 heterocycles. The monoisotopic (exact) mass is 219 g/mol. The molecule has 2 N–H and O–H groups in total. The zero-order valence-electron chi connectivity index (χ0n) is 9.08. The smallest absolute Gasteiger partial charge is 0.0494 e. The summed E-state index contributed by atoms with van der Waals surface area (Å²) in [6.45, 7) is 5.13. The predicted molar refractivity (Wildman–Crippen MR) is 59.8 cm³/mol. The molecule has 1 aliphatic rings. The Hall–Kier alpha value is 0.0700. The van der Waals surface area contributed by atoms with Crippen molar-refractivity contribution in [2.75, 3.05) is 24.7 Å². The lowest BCUT2D eigenvalue weighted by Crippen LogP contribution is -2.41. The maximum absolute atomic E-state index is 11.1. The van der Waals surface area contributed by atoms with Crippen molar-refractivity contribution in [2.45, 2.75) is 32.7 Å². The van der Waals surface area contributed by atoms with Crippen molar-refractivity contribution in [1.82, 2.24) is 5.32 Å². The van der Waals surface area contributed by atoms with Crippen LogP contribution in [0.4, 0.5) is 0 Å². The quantitative estimate of drug-likeness (QED) is 0.724. The number of hydrogen-bond donors (Lipinski definition) is 2. The van der Waals surface area contributed by atoms with Gasteiger partial charge in [-0.05, 0) is 12.8 Å². The first-order valence-electron chi connectivity index (χ1n) is 5.23. The molecule has 1 aliphatic heterocycles. The Labute approximate surface area is 88.7 Å². The Bertz CT molecular complexity index is 196. The van der Waals surface area contributed by atoms with Crippen LogP contribution in [0.5, 0.6) is 0 Å². The molecule has 84 valence electrons. The summed E-state index contributed by atoms with van der Waals surface area (Å²) in [4.78, 5) is 0. The van der Waals surface area contributed by atoms with Crippen LogP contribution < -0.4 is 5.32 Å². The van der Waals surface area contributed by atoms with Gasteiger partial charge in [-0.1, -0.05) is 13.8 Å². The molecule has 0 radical (unpaired) electrons. The first kappa shape index (κ1) is 12.1. The van der Waals surface area contributed by atoms with Gasteiger partial charge in [-0.2, -0.15) is 0 Å². The Morgan fingerprint density at radius 2 is 2.00 bits per heavy atom. The van der Waals surface area contributed by atoms with Crippen molar-refractivity contribution in [3.8, 4) is 0 Å². The van der Waals surface area contributed by atoms with E-state index in [0.29, 0.717) is 6.04 Å². The largest absolute Gasteiger partial charge is 0.396 e. The molecular weight excluding hydrogens is 198 g/mol. The van der Waals surface area contributed by atoms with Gasteiger partial charge < -0.3 is 10.4 Å². The fourth-order valence-electron chi connectivity index (χ4n) is 1.47. The lowest BCUT2D eigenvalue weighted by molar-refractivity contribution is 0.152. The van der Waals surface area contributed by atoms with Crippen molar-refractivity contribution >= 4 is 10.8 Å². The zero-order valence-corrected chi connectivity index (χ0v) is 9.90. The molecule has 0 bridgehead atoms. The van der Waals surface area contributed by atoms with Gasteiger partial charge in [0.05, 0.1) is 0 Å². The fourth-order valence-corrected chi connectivity index (χ4v) is 2.77. The zero-order chi connectivity index (χ0) is 10.6. The molecule has 3 nitrogen and oxygen atoms in total. The SMILES string of the molecule is CC(C)(CO)CNC1CCS(=O)CC1. The van der Waals surface area contributed by atoms with Gasteiger partial charge in [-0.25, -0.2) is 0 Å². The van der Waals surface area contributed by atoms with Gasteiger partial charge in [-0.15, -0.1) is 0 Å². The maximum atomic E-state index is 11.1. The topological polar surface area (TPSA) is 49.3 Å². The van der Waals surface area contributed by atoms with E-state index in [-0.39, 0.29) is 12.0 Å². The summed E-state index contributed by atoms with van der Waals surface area (Å²) in [6, 6.07) is 0.499. The van der Waals surface area contributed by atoms with Crippen LogP contribution in [-0.4, -0.2) is 40.0 Å². The maximum Gasteiger partial charge on any atom is 0.0494 e. The van der Waals surface area contributed by atoms with E-state index < -0.39 is 10.8 Å². The lowest BCUT2D eigenvalue weighted by Gasteiger charge is -2.28. The van der Waals surface area contributed by atoms with Crippen LogP contribution in [0.3, 0.4) is 0 Å². The highest BCUT2D eigenvalue weighted by Gasteiger charge is 2.21. The molecule has 0 aromatic rings. The molecule has 0 amide bonds. The minimum Gasteiger partial charge on any atom is -0.396 e. The van der Waals surface area contributed by atoms with Crippen LogP contribution in [0.2, 0.25) is 0 Å². The molecule has 4 heteroatoms. The van der Waals surface area contributed by atoms with Gasteiger partial charge >= 0.3 is 0 Å². The van der Waals surface area contributed by atoms with Crippen LogP contribution in [0.1, 0.15) is 26.7 Å². The number of nitrogens with one attached hydrogen (secondary N) is 1. The molecule has 0 aliphatic carbocycles. The van der Waals surface area contributed by atoms with Crippen LogP contribution in [0.25, 0.3) is 0 Å². The standard InChI is InChI=1S/C10H21NO2S/c1-10(2,8-12)7-11-9-3-5-14(13)6-4-9/h9,11-12H,3-8H2,1-2H3. The third-order valence-electron chi connectivity index (χ3n) is 2.69. The Balaban J connectivity index is 2.22. The van der Waals surface area contributed by atoms with E-state index in [4.69, 9.17) is 5.11 Å². The highest BCUT2D eigenvalue weighted by molar-refractivity contribution is 7.85. The molecule has 0 spiro atoms. The third-order valence-corrected chi connectivity index (χ3v) is 4.07. The van der Waals surface area contributed by atoms with Crippen LogP contribution >= 0.6 is 0 Å². The molecule has 14 heavy (non-hydrogen) atoms. The summed E-state index contributed by atoms with van der Waals surface area (Å²) in [5, 5.41) is 12.5. The van der Waals surface area contributed by atoms with Crippen LogP contribution in [-0.2, 0) is 10.8 Å². The summed E-state index contributed by atoms with van der Waals surface area (Å²) < 4.78 is 11.1. The minimum atomic E-state index is -0.577. The average molecular weight is 219 g/mol. The van der Waals surface area contributed by atoms with Crippen molar-refractivity contribution < 1.29 is 9.32 Å². The van der Waals surface area contributed by atoms with E-state index in [0.717, 1.165) is 30.9 Å². The lowest BCUT2D eigenvalue weighted by atomic mass is 9.94. The van der Waals surface area contributed by atoms with Gasteiger partial charge in [-0.3, -0.25) is 4.21 Å². The predicted octanol–water partition coefficient (Wildman–Crippen LogP) is 0.506. The van der Waals surface area contributed by atoms with Gasteiger partial charge in [0.2, 0.25) is 0 Å². The fraction of sp³-hybridized carbons (Fsp3) is 1.00. The van der Waals surface area contributed by atoms with Crippen molar-refractivity contribution in [2.24, 2.45) is 5.41 Å². The van der Waals surface area contributed by atoms with Crippen LogP contribution in [0, 0.1) is 5.41 Å². The highest BCUT2D eigenvalue weighted by Crippen LogP contribution is 2.14. The molecule has 0 aromatic carbocycles. The van der Waals surface area contributed by atoms with Crippen molar-refractivity contribution in [3.63, 3.8) is 0 Å². The minimum absolute atomic E-state index is 0.0450. The molecule has 0 saturated carbocycles. The normalized spacial score (nSPS) is 29.1. The summed E-state index contributed by atoms with van der Waals surface area (Å²) in [5.74, 6) is 1.66. The summed E-state index contributed by atoms with van der Waals surface area (Å²) in [5.41, 5.74) is -0.0450. The summed E-state index contributed by atoms with van der Waals surface area (Å²) >= 11 is 0. The van der Waals surface area contributed by atoms with Gasteiger partial charge in [0.15, 0.2) is 0 Å². The highest BCUT2D eigenvalue weighted by atomic mass is 32.2. The molecule has 1 rings (SSSR count). The van der Waals surface area contributed by atoms with Crippen molar-refractivity contribution in [3.05, 3.63) is 0 Å². The van der Waals surface area contributed by atoms with E-state index in [1.54, 1.807) is 0 Å². The average Bonchev–Trinajstić information content (AvgIpc) is 2.17. The second-order valence-electron chi connectivity index (χ2n) is 4.83. The van der Waals surface area contributed by atoms with E-state index in [2.05, 4.69) is 5.32 Å². The molecule has 0 aromatic heterocycles. The molecule has 1 fully saturated rings. The number of aliphatic hydroxyl groups is 1. The Morgan fingerprint density at radius 3 is 2.50 bits per heavy atom. The van der Waals surface area contributed by atoms with Crippen LogP contribution in [0.15, 0.2) is 0 Å². The summed E-state index contributed by atoms with van der Waals surface area (Å²) in [7, 11) is -0.577. The first-order chi connectivity index (χ1) is 6.53. The first-order valence-corrected chi connectivity index (χ1v) is 6.71. The van der Waals surface area contributed by atoms with Gasteiger partial charge in [0.1, 0.15) is 0 Å². The molecular formula is C10H21NO2S. The van der Waals surface area contributed by atoms with E-state index in [9.17, 15) is 4.21 Å². The number of aliphatic hydroxyl groups excluding tert-OH is 1. The van der Waals surface area contributed by atoms with Gasteiger partial charge in [0.25, 0.3) is 0 Å². The van der Waals surface area contributed by atoms with Gasteiger partial charge in [0, 0.05) is 46.9 Å². The number of rotatable bonds is 4. The Kier molecular flexibility index (Phi) is 4.54. The van der Waals surface area contributed by atoms with E-state index in [1.807, 2.05) is 13.8 Å². The van der Waals surface area contributed by atoms with E-state index >= 15 is 0 Å². The Morgan fingerprint density at radius 1 is 1.43 bits per heavy atom. The number of hydrogen-bond acceptors (Lipinski definition) is 3. The summed E-state index contributed by atoms with van der Waals surface area (Å²) in [6.07, 6.45) is 2.02. The second-order valence-corrected chi connectivity index (χ2v) is 6.52. The molecule has 0 atom stereocenters. The third kappa shape index (κ3) is 4.07.